The molecular formula is C29H32Cl2N4O6S. The topological polar surface area (TPSA) is 130 Å². The van der Waals surface area contributed by atoms with E-state index in [1.165, 1.54) is 17.0 Å². The Hall–Kier alpha value is -3.67. The largest absolute Gasteiger partial charge is 0.352 e. The maximum atomic E-state index is 14.1. The lowest BCUT2D eigenvalue weighted by Crippen LogP contribution is -2.54. The normalized spacial score (nSPS) is 12.1. The molecule has 0 saturated heterocycles. The summed E-state index contributed by atoms with van der Waals surface area (Å²) >= 11 is 12.3. The molecule has 0 aliphatic rings. The van der Waals surface area contributed by atoms with Gasteiger partial charge in [-0.25, -0.2) is 8.42 Å². The maximum Gasteiger partial charge on any atom is 0.271 e. The zero-order valence-corrected chi connectivity index (χ0v) is 25.9. The lowest BCUT2D eigenvalue weighted by molar-refractivity contribution is -0.384. The van der Waals surface area contributed by atoms with E-state index in [0.717, 1.165) is 22.2 Å². The van der Waals surface area contributed by atoms with Gasteiger partial charge in [0.2, 0.25) is 21.8 Å². The highest BCUT2D eigenvalue weighted by molar-refractivity contribution is 7.92. The molecule has 1 N–H and O–H groups in total. The molecule has 224 valence electrons. The highest BCUT2D eigenvalue weighted by atomic mass is 35.5. The van der Waals surface area contributed by atoms with E-state index in [-0.39, 0.29) is 35.4 Å². The van der Waals surface area contributed by atoms with Gasteiger partial charge < -0.3 is 10.2 Å². The molecule has 1 atom stereocenters. The van der Waals surface area contributed by atoms with Crippen molar-refractivity contribution in [1.29, 1.82) is 0 Å². The van der Waals surface area contributed by atoms with Crippen LogP contribution < -0.4 is 9.62 Å². The minimum Gasteiger partial charge on any atom is -0.352 e. The number of non-ortho nitro benzene ring substituents is 1. The number of hydrogen-bond donors (Lipinski definition) is 1. The number of nitrogens with zero attached hydrogens (tertiary/aromatic N) is 3. The Balaban J connectivity index is 2.12. The van der Waals surface area contributed by atoms with E-state index < -0.39 is 39.3 Å². The smallest absolute Gasteiger partial charge is 0.271 e. The summed E-state index contributed by atoms with van der Waals surface area (Å²) in [5.41, 5.74) is 1.41. The van der Waals surface area contributed by atoms with Crippen molar-refractivity contribution in [3.05, 3.63) is 104 Å². The van der Waals surface area contributed by atoms with E-state index in [0.29, 0.717) is 16.1 Å². The van der Waals surface area contributed by atoms with Gasteiger partial charge in [-0.2, -0.15) is 0 Å². The van der Waals surface area contributed by atoms with E-state index >= 15 is 0 Å². The van der Waals surface area contributed by atoms with Gasteiger partial charge in [0, 0.05) is 31.1 Å². The first kappa shape index (κ1) is 32.8. The molecule has 13 heteroatoms. The van der Waals surface area contributed by atoms with Crippen LogP contribution in [0.5, 0.6) is 0 Å². The van der Waals surface area contributed by atoms with E-state index in [1.54, 1.807) is 39.0 Å². The number of amides is 2. The first-order chi connectivity index (χ1) is 19.7. The number of nitrogens with one attached hydrogen (secondary N) is 1. The Morgan fingerprint density at radius 2 is 1.64 bits per heavy atom. The van der Waals surface area contributed by atoms with Crippen LogP contribution in [0.15, 0.2) is 66.7 Å². The predicted octanol–water partition coefficient (Wildman–Crippen LogP) is 5.14. The quantitative estimate of drug-likeness (QED) is 0.217. The first-order valence-electron chi connectivity index (χ1n) is 13.0. The third-order valence-electron chi connectivity index (χ3n) is 6.39. The van der Waals surface area contributed by atoms with Crippen molar-refractivity contribution in [1.82, 2.24) is 10.2 Å². The summed E-state index contributed by atoms with van der Waals surface area (Å²) < 4.78 is 26.8. The molecule has 2 amide bonds. The Labute approximate surface area is 255 Å². The number of carbonyl (C=O) groups is 2. The molecule has 3 aromatic carbocycles. The van der Waals surface area contributed by atoms with Crippen molar-refractivity contribution >= 4 is 56.4 Å². The molecule has 0 saturated carbocycles. The molecule has 0 aromatic heterocycles. The molecule has 0 aliphatic carbocycles. The molecule has 0 aliphatic heterocycles. The van der Waals surface area contributed by atoms with Gasteiger partial charge in [0.05, 0.1) is 26.9 Å². The van der Waals surface area contributed by atoms with Crippen LogP contribution in [0.2, 0.25) is 10.0 Å². The standard InChI is InChI=1S/C29H32Cl2N4O6S/c1-19(2)32-29(37)27(15-21-8-6-5-7-9-21)33(17-22-11-13-24(30)25(31)14-22)28(36)18-34(42(4,40)41)26-16-23(35(38)39)12-10-20(26)3/h5-14,16,19,27H,15,17-18H2,1-4H3,(H,32,37)/t27-/m0/s1. The summed E-state index contributed by atoms with van der Waals surface area (Å²) in [5, 5.41) is 14.9. The number of halogens is 2. The zero-order valence-electron chi connectivity index (χ0n) is 23.6. The fourth-order valence-electron chi connectivity index (χ4n) is 4.34. The monoisotopic (exact) mass is 634 g/mol. The van der Waals surface area contributed by atoms with Crippen LogP contribution in [0.3, 0.4) is 0 Å². The minimum atomic E-state index is -4.10. The van der Waals surface area contributed by atoms with Crippen molar-refractivity contribution in [2.45, 2.75) is 45.8 Å². The number of aryl methyl sites for hydroxylation is 1. The van der Waals surface area contributed by atoms with Crippen molar-refractivity contribution in [3.8, 4) is 0 Å². The predicted molar refractivity (Wildman–Crippen MR) is 164 cm³/mol. The molecular weight excluding hydrogens is 603 g/mol. The number of benzene rings is 3. The van der Waals surface area contributed by atoms with Gasteiger partial charge >= 0.3 is 0 Å². The second kappa shape index (κ2) is 14.0. The van der Waals surface area contributed by atoms with Crippen molar-refractivity contribution in [3.63, 3.8) is 0 Å². The lowest BCUT2D eigenvalue weighted by atomic mass is 10.0. The van der Waals surface area contributed by atoms with Crippen LogP contribution in [-0.4, -0.2) is 54.9 Å². The van der Waals surface area contributed by atoms with E-state index in [2.05, 4.69) is 5.32 Å². The van der Waals surface area contributed by atoms with E-state index in [9.17, 15) is 28.1 Å². The number of anilines is 1. The Morgan fingerprint density at radius 3 is 2.21 bits per heavy atom. The summed E-state index contributed by atoms with van der Waals surface area (Å²) in [6.07, 6.45) is 1.05. The van der Waals surface area contributed by atoms with Crippen LogP contribution in [0.1, 0.15) is 30.5 Å². The Bertz CT molecular complexity index is 1570. The van der Waals surface area contributed by atoms with Crippen LogP contribution in [0, 0.1) is 17.0 Å². The van der Waals surface area contributed by atoms with Crippen molar-refractivity contribution in [2.24, 2.45) is 0 Å². The molecule has 3 aromatic rings. The fourth-order valence-corrected chi connectivity index (χ4v) is 5.56. The third-order valence-corrected chi connectivity index (χ3v) is 8.26. The summed E-state index contributed by atoms with van der Waals surface area (Å²) in [6.45, 7) is 4.37. The maximum absolute atomic E-state index is 14.1. The molecule has 0 unspecified atom stereocenters. The highest BCUT2D eigenvalue weighted by Gasteiger charge is 2.34. The minimum absolute atomic E-state index is 0.0132. The van der Waals surface area contributed by atoms with Crippen molar-refractivity contribution < 1.29 is 22.9 Å². The SMILES string of the molecule is Cc1ccc([N+](=O)[O-])cc1N(CC(=O)N(Cc1ccc(Cl)c(Cl)c1)[C@@H](Cc1ccccc1)C(=O)NC(C)C)S(C)(=O)=O. The molecule has 10 nitrogen and oxygen atoms in total. The molecule has 0 heterocycles. The van der Waals surface area contributed by atoms with Gasteiger partial charge in [0.1, 0.15) is 12.6 Å². The molecule has 0 bridgehead atoms. The second-order valence-corrected chi connectivity index (χ2v) is 12.9. The van der Waals surface area contributed by atoms with Gasteiger partial charge in [0.25, 0.3) is 5.69 Å². The first-order valence-corrected chi connectivity index (χ1v) is 15.6. The third kappa shape index (κ3) is 8.67. The number of rotatable bonds is 12. The van der Waals surface area contributed by atoms with Gasteiger partial charge in [0.15, 0.2) is 0 Å². The van der Waals surface area contributed by atoms with E-state index in [4.69, 9.17) is 23.2 Å². The van der Waals surface area contributed by atoms with Crippen LogP contribution in [0.4, 0.5) is 11.4 Å². The van der Waals surface area contributed by atoms with E-state index in [1.807, 2.05) is 30.3 Å². The average molecular weight is 636 g/mol. The number of nitro groups is 1. The molecule has 0 spiro atoms. The molecule has 3 rings (SSSR count). The molecule has 0 radical (unpaired) electrons. The Morgan fingerprint density at radius 1 is 0.976 bits per heavy atom. The summed E-state index contributed by atoms with van der Waals surface area (Å²) in [7, 11) is -4.10. The number of carbonyl (C=O) groups excluding carboxylic acids is 2. The van der Waals surface area contributed by atoms with Gasteiger partial charge in [-0.1, -0.05) is 65.7 Å². The van der Waals surface area contributed by atoms with Gasteiger partial charge in [-0.15, -0.1) is 0 Å². The Kier molecular flexibility index (Phi) is 10.9. The van der Waals surface area contributed by atoms with Crippen LogP contribution in [-0.2, 0) is 32.6 Å². The number of hydrogen-bond acceptors (Lipinski definition) is 6. The summed E-state index contributed by atoms with van der Waals surface area (Å²) in [5.74, 6) is -1.13. The van der Waals surface area contributed by atoms with Crippen LogP contribution in [0.25, 0.3) is 0 Å². The van der Waals surface area contributed by atoms with Crippen molar-refractivity contribution in [2.75, 3.05) is 17.1 Å². The fraction of sp³-hybridized carbons (Fsp3) is 0.310. The van der Waals surface area contributed by atoms with Crippen LogP contribution >= 0.6 is 23.2 Å². The molecule has 0 fully saturated rings. The average Bonchev–Trinajstić information content (AvgIpc) is 2.91. The number of nitro benzene ring substituents is 1. The zero-order chi connectivity index (χ0) is 31.2. The highest BCUT2D eigenvalue weighted by Crippen LogP contribution is 2.29. The van der Waals surface area contributed by atoms with Gasteiger partial charge in [-0.05, 0) is 49.6 Å². The summed E-state index contributed by atoms with van der Waals surface area (Å²) in [6, 6.07) is 16.4. The molecule has 42 heavy (non-hydrogen) atoms. The lowest BCUT2D eigenvalue weighted by Gasteiger charge is -2.34. The second-order valence-electron chi connectivity index (χ2n) is 10.1. The number of sulfonamides is 1. The van der Waals surface area contributed by atoms with Gasteiger partial charge in [-0.3, -0.25) is 24.0 Å². The summed E-state index contributed by atoms with van der Waals surface area (Å²) in [4.78, 5) is 39.8.